The van der Waals surface area contributed by atoms with Crippen molar-refractivity contribution in [3.63, 3.8) is 0 Å². The van der Waals surface area contributed by atoms with Crippen molar-refractivity contribution in [3.8, 4) is 16.9 Å². The van der Waals surface area contributed by atoms with E-state index in [0.29, 0.717) is 22.2 Å². The van der Waals surface area contributed by atoms with Crippen LogP contribution in [-0.2, 0) is 11.3 Å². The topological polar surface area (TPSA) is 72.0 Å². The molecule has 0 unspecified atom stereocenters. The lowest BCUT2D eigenvalue weighted by Crippen LogP contribution is -2.47. The summed E-state index contributed by atoms with van der Waals surface area (Å²) in [5.41, 5.74) is 3.30. The summed E-state index contributed by atoms with van der Waals surface area (Å²) < 4.78 is 12.4. The highest BCUT2D eigenvalue weighted by molar-refractivity contribution is 7.21. The predicted octanol–water partition coefficient (Wildman–Crippen LogP) is 8.75. The van der Waals surface area contributed by atoms with Gasteiger partial charge in [-0.1, -0.05) is 41.9 Å². The van der Waals surface area contributed by atoms with Gasteiger partial charge in [0.05, 0.1) is 12.1 Å². The zero-order valence-corrected chi connectivity index (χ0v) is 27.8. The largest absolute Gasteiger partial charge is 0.496 e. The van der Waals surface area contributed by atoms with Gasteiger partial charge in [0.1, 0.15) is 16.2 Å². The van der Waals surface area contributed by atoms with Crippen molar-refractivity contribution < 1.29 is 19.1 Å². The number of methoxy groups -OCH3 is 1. The zero-order chi connectivity index (χ0) is 31.6. The number of aryl methyl sites for hydroxylation is 1. The van der Waals surface area contributed by atoms with Crippen molar-refractivity contribution >= 4 is 45.0 Å². The van der Waals surface area contributed by atoms with E-state index in [0.717, 1.165) is 58.2 Å². The molecule has 2 aromatic carbocycles. The molecule has 7 nitrogen and oxygen atoms in total. The maximum Gasteiger partial charge on any atom is 0.410 e. The van der Waals surface area contributed by atoms with Gasteiger partial charge in [0.2, 0.25) is 0 Å². The number of fused-ring (bicyclic) bond motifs is 1. The Morgan fingerprint density at radius 2 is 1.68 bits per heavy atom. The van der Waals surface area contributed by atoms with Crippen LogP contribution in [-0.4, -0.2) is 58.6 Å². The Kier molecular flexibility index (Phi) is 9.51. The zero-order valence-electron chi connectivity index (χ0n) is 26.2. The maximum absolute atomic E-state index is 14.4. The van der Waals surface area contributed by atoms with E-state index in [1.165, 1.54) is 11.3 Å². The van der Waals surface area contributed by atoms with Crippen LogP contribution in [0.4, 0.5) is 4.79 Å². The second-order valence-corrected chi connectivity index (χ2v) is 13.9. The van der Waals surface area contributed by atoms with Gasteiger partial charge < -0.3 is 19.3 Å². The number of halogens is 1. The monoisotopic (exact) mass is 633 g/mol. The molecule has 2 amide bonds. The van der Waals surface area contributed by atoms with Crippen LogP contribution in [0.2, 0.25) is 5.02 Å². The second-order valence-electron chi connectivity index (χ2n) is 12.4. The van der Waals surface area contributed by atoms with Crippen molar-refractivity contribution in [1.82, 2.24) is 14.8 Å². The fourth-order valence-electron chi connectivity index (χ4n) is 5.79. The first-order valence-electron chi connectivity index (χ1n) is 15.0. The van der Waals surface area contributed by atoms with Crippen molar-refractivity contribution in [1.29, 1.82) is 0 Å². The van der Waals surface area contributed by atoms with Crippen LogP contribution >= 0.6 is 22.9 Å². The van der Waals surface area contributed by atoms with Crippen LogP contribution < -0.4 is 4.74 Å². The third-order valence-electron chi connectivity index (χ3n) is 8.19. The molecule has 0 bridgehead atoms. The Morgan fingerprint density at radius 1 is 1.00 bits per heavy atom. The summed E-state index contributed by atoms with van der Waals surface area (Å²) in [6.07, 6.45) is 4.56. The average molecular weight is 634 g/mol. The predicted molar refractivity (Wildman–Crippen MR) is 178 cm³/mol. The molecule has 1 saturated carbocycles. The minimum Gasteiger partial charge on any atom is -0.496 e. The number of pyridine rings is 1. The summed E-state index contributed by atoms with van der Waals surface area (Å²) in [6.45, 7) is 7.94. The number of ether oxygens (including phenoxy) is 2. The number of aromatic nitrogens is 1. The van der Waals surface area contributed by atoms with Gasteiger partial charge in [-0.2, -0.15) is 0 Å². The molecule has 0 atom stereocenters. The first-order chi connectivity index (χ1) is 20.9. The fourth-order valence-corrected chi connectivity index (χ4v) is 7.26. The molecule has 2 aromatic heterocycles. The van der Waals surface area contributed by atoms with Crippen LogP contribution in [0.3, 0.4) is 0 Å². The molecule has 0 aliphatic heterocycles. The van der Waals surface area contributed by atoms with Gasteiger partial charge in [0, 0.05) is 58.8 Å². The molecule has 5 rings (SSSR count). The van der Waals surface area contributed by atoms with Crippen LogP contribution in [0.15, 0.2) is 60.8 Å². The van der Waals surface area contributed by atoms with E-state index in [4.69, 9.17) is 21.1 Å². The second kappa shape index (κ2) is 13.2. The quantitative estimate of drug-likeness (QED) is 0.203. The third kappa shape index (κ3) is 7.02. The minimum absolute atomic E-state index is 0.0397. The molecule has 0 saturated heterocycles. The highest BCUT2D eigenvalue weighted by atomic mass is 35.5. The van der Waals surface area contributed by atoms with Crippen molar-refractivity contribution in [2.45, 2.75) is 77.6 Å². The maximum atomic E-state index is 14.4. The molecule has 232 valence electrons. The normalized spacial score (nSPS) is 16.9. The highest BCUT2D eigenvalue weighted by Crippen LogP contribution is 2.39. The van der Waals surface area contributed by atoms with Gasteiger partial charge in [-0.3, -0.25) is 9.78 Å². The van der Waals surface area contributed by atoms with Crippen LogP contribution in [0, 0.1) is 6.92 Å². The number of hydrogen-bond donors (Lipinski definition) is 0. The Hall–Kier alpha value is -3.62. The highest BCUT2D eigenvalue weighted by Gasteiger charge is 2.35. The van der Waals surface area contributed by atoms with Gasteiger partial charge in [0.25, 0.3) is 5.91 Å². The molecule has 9 heteroatoms. The van der Waals surface area contributed by atoms with Crippen molar-refractivity contribution in [3.05, 3.63) is 82.0 Å². The summed E-state index contributed by atoms with van der Waals surface area (Å²) in [4.78, 5) is 35.9. The Labute approximate surface area is 268 Å². The molecule has 4 aromatic rings. The molecule has 44 heavy (non-hydrogen) atoms. The van der Waals surface area contributed by atoms with Gasteiger partial charge >= 0.3 is 6.09 Å². The number of carbonyl (C=O) groups is 2. The van der Waals surface area contributed by atoms with Gasteiger partial charge in [-0.25, -0.2) is 4.79 Å². The van der Waals surface area contributed by atoms with E-state index < -0.39 is 5.60 Å². The first kappa shape index (κ1) is 31.8. The lowest BCUT2D eigenvalue weighted by Gasteiger charge is -2.40. The number of thiophene rings is 1. The molecule has 0 radical (unpaired) electrons. The molecule has 1 aliphatic rings. The summed E-state index contributed by atoms with van der Waals surface area (Å²) in [7, 11) is 3.45. The van der Waals surface area contributed by atoms with Crippen LogP contribution in [0.5, 0.6) is 5.75 Å². The Bertz CT molecular complexity index is 1640. The minimum atomic E-state index is -0.558. The average Bonchev–Trinajstić information content (AvgIpc) is 3.35. The third-order valence-corrected chi connectivity index (χ3v) is 9.86. The SMILES string of the molecule is COc1ccc(-c2ccc(C)nc2)cc1CN(C(=O)c1sc2ccccc2c1Cl)C1CCC(N(C)C(=O)OC(C)(C)C)CC1. The molecule has 1 fully saturated rings. The van der Waals surface area contributed by atoms with Gasteiger partial charge in [-0.15, -0.1) is 11.3 Å². The summed E-state index contributed by atoms with van der Waals surface area (Å²) >= 11 is 8.27. The Balaban J connectivity index is 1.45. The lowest BCUT2D eigenvalue weighted by atomic mass is 9.89. The molecule has 2 heterocycles. The number of rotatable bonds is 7. The molecule has 0 spiro atoms. The van der Waals surface area contributed by atoms with E-state index in [2.05, 4.69) is 17.1 Å². The summed E-state index contributed by atoms with van der Waals surface area (Å²) in [5, 5.41) is 1.38. The molecular weight excluding hydrogens is 594 g/mol. The van der Waals surface area contributed by atoms with Gasteiger partial charge in [0.15, 0.2) is 0 Å². The van der Waals surface area contributed by atoms with Gasteiger partial charge in [-0.05, 0) is 83.2 Å². The molecule has 0 N–H and O–H groups in total. The van der Waals surface area contributed by atoms with E-state index in [1.807, 2.05) is 81.3 Å². The van der Waals surface area contributed by atoms with E-state index >= 15 is 0 Å². The Morgan fingerprint density at radius 3 is 2.32 bits per heavy atom. The van der Waals surface area contributed by atoms with Crippen molar-refractivity contribution in [2.24, 2.45) is 0 Å². The number of benzene rings is 2. The first-order valence-corrected chi connectivity index (χ1v) is 16.2. The van der Waals surface area contributed by atoms with Crippen molar-refractivity contribution in [2.75, 3.05) is 14.2 Å². The number of hydrogen-bond acceptors (Lipinski definition) is 6. The molecule has 1 aliphatic carbocycles. The number of nitrogens with zero attached hydrogens (tertiary/aromatic N) is 3. The lowest BCUT2D eigenvalue weighted by molar-refractivity contribution is 0.0144. The number of carbonyl (C=O) groups excluding carboxylic acids is 2. The summed E-state index contributed by atoms with van der Waals surface area (Å²) in [5.74, 6) is 0.622. The smallest absolute Gasteiger partial charge is 0.410 e. The fraction of sp³-hybridized carbons (Fsp3) is 0.400. The van der Waals surface area contributed by atoms with E-state index in [1.54, 1.807) is 19.1 Å². The standard InChI is InChI=1S/C35H40ClN3O4S/c1-22-11-12-24(20-37-22)23-13-18-29(42-6)25(19-23)21-39(33(40)32-31(36)28-9-7-8-10-30(28)44-32)27-16-14-26(15-17-27)38(5)34(41)43-35(2,3)4/h7-13,18-20,26-27H,14-17,21H2,1-6H3. The van der Waals surface area contributed by atoms with E-state index in [9.17, 15) is 9.59 Å². The van der Waals surface area contributed by atoms with Crippen LogP contribution in [0.25, 0.3) is 21.2 Å². The number of amides is 2. The summed E-state index contributed by atoms with van der Waals surface area (Å²) in [6, 6.07) is 17.9. The molecular formula is C35H40ClN3O4S. The van der Waals surface area contributed by atoms with Crippen LogP contribution in [0.1, 0.15) is 67.4 Å². The van der Waals surface area contributed by atoms with E-state index in [-0.39, 0.29) is 24.1 Å².